The molecule has 6 heteroatoms. The SMILES string of the molecule is COc1ccc(NC(N)=NCC(C)c2ccc(F)cc2F)cc1. The molecule has 4 nitrogen and oxygen atoms in total. The van der Waals surface area contributed by atoms with Crippen LogP contribution in [-0.4, -0.2) is 19.6 Å². The standard InChI is InChI=1S/C17H19F2N3O/c1-11(15-8-3-12(18)9-16(15)19)10-21-17(20)22-13-4-6-14(23-2)7-5-13/h3-9,11H,10H2,1-2H3,(H3,20,21,22). The van der Waals surface area contributed by atoms with Crippen LogP contribution >= 0.6 is 0 Å². The van der Waals surface area contributed by atoms with E-state index in [-0.39, 0.29) is 18.4 Å². The van der Waals surface area contributed by atoms with Crippen LogP contribution in [0.1, 0.15) is 18.4 Å². The summed E-state index contributed by atoms with van der Waals surface area (Å²) in [6.45, 7) is 2.10. The van der Waals surface area contributed by atoms with E-state index in [1.54, 1.807) is 26.2 Å². The number of rotatable bonds is 5. The van der Waals surface area contributed by atoms with Crippen LogP contribution in [0, 0.1) is 11.6 Å². The number of hydrogen-bond donors (Lipinski definition) is 2. The first-order valence-corrected chi connectivity index (χ1v) is 7.15. The Balaban J connectivity index is 1.97. The summed E-state index contributed by atoms with van der Waals surface area (Å²) >= 11 is 0. The molecular formula is C17H19F2N3O. The van der Waals surface area contributed by atoms with Crippen molar-refractivity contribution in [3.8, 4) is 5.75 Å². The zero-order valence-corrected chi connectivity index (χ0v) is 13.0. The van der Waals surface area contributed by atoms with E-state index in [4.69, 9.17) is 10.5 Å². The maximum Gasteiger partial charge on any atom is 0.193 e. The Labute approximate surface area is 134 Å². The highest BCUT2D eigenvalue weighted by Gasteiger charge is 2.11. The average Bonchev–Trinajstić information content (AvgIpc) is 2.53. The molecule has 3 N–H and O–H groups in total. The number of aliphatic imine (C=N–C) groups is 1. The van der Waals surface area contributed by atoms with E-state index in [0.717, 1.165) is 17.5 Å². The second kappa shape index (κ2) is 7.58. The van der Waals surface area contributed by atoms with Crippen molar-refractivity contribution in [3.05, 3.63) is 59.7 Å². The molecule has 1 unspecified atom stereocenters. The highest BCUT2D eigenvalue weighted by Crippen LogP contribution is 2.20. The van der Waals surface area contributed by atoms with Crippen LogP contribution in [0.2, 0.25) is 0 Å². The normalized spacial score (nSPS) is 12.8. The molecule has 0 fully saturated rings. The molecule has 2 aromatic rings. The summed E-state index contributed by atoms with van der Waals surface area (Å²) in [6, 6.07) is 10.7. The predicted molar refractivity (Wildman–Crippen MR) is 87.9 cm³/mol. The number of halogens is 2. The fraction of sp³-hybridized carbons (Fsp3) is 0.235. The molecule has 1 atom stereocenters. The number of anilines is 1. The molecule has 0 saturated carbocycles. The van der Waals surface area contributed by atoms with E-state index in [1.165, 1.54) is 12.1 Å². The number of methoxy groups -OCH3 is 1. The van der Waals surface area contributed by atoms with Crippen molar-refractivity contribution >= 4 is 11.6 Å². The van der Waals surface area contributed by atoms with Crippen molar-refractivity contribution in [3.63, 3.8) is 0 Å². The first kappa shape index (κ1) is 16.7. The Bertz CT molecular complexity index is 687. The lowest BCUT2D eigenvalue weighted by Crippen LogP contribution is -2.23. The molecule has 0 heterocycles. The topological polar surface area (TPSA) is 59.6 Å². The quantitative estimate of drug-likeness (QED) is 0.655. The van der Waals surface area contributed by atoms with Gasteiger partial charge in [-0.15, -0.1) is 0 Å². The first-order valence-electron chi connectivity index (χ1n) is 7.15. The third-order valence-corrected chi connectivity index (χ3v) is 3.39. The molecule has 0 amide bonds. The third-order valence-electron chi connectivity index (χ3n) is 3.39. The van der Waals surface area contributed by atoms with Crippen molar-refractivity contribution in [1.82, 2.24) is 0 Å². The number of ether oxygens (including phenoxy) is 1. The Kier molecular flexibility index (Phi) is 5.51. The van der Waals surface area contributed by atoms with Gasteiger partial charge in [0.05, 0.1) is 7.11 Å². The number of nitrogens with zero attached hydrogens (tertiary/aromatic N) is 1. The van der Waals surface area contributed by atoms with E-state index in [1.807, 2.05) is 12.1 Å². The van der Waals surface area contributed by atoms with Crippen LogP contribution < -0.4 is 15.8 Å². The van der Waals surface area contributed by atoms with Gasteiger partial charge >= 0.3 is 0 Å². The van der Waals surface area contributed by atoms with Gasteiger partial charge in [0, 0.05) is 24.2 Å². The minimum absolute atomic E-state index is 0.216. The molecule has 0 spiro atoms. The summed E-state index contributed by atoms with van der Waals surface area (Å²) in [4.78, 5) is 4.19. The summed E-state index contributed by atoms with van der Waals surface area (Å²) in [7, 11) is 1.59. The lowest BCUT2D eigenvalue weighted by atomic mass is 10.0. The zero-order valence-electron chi connectivity index (χ0n) is 13.0. The minimum atomic E-state index is -0.595. The van der Waals surface area contributed by atoms with Crippen LogP contribution in [0.15, 0.2) is 47.5 Å². The second-order valence-electron chi connectivity index (χ2n) is 5.15. The fourth-order valence-corrected chi connectivity index (χ4v) is 2.10. The Hall–Kier alpha value is -2.63. The lowest BCUT2D eigenvalue weighted by molar-refractivity contribution is 0.415. The molecule has 0 saturated heterocycles. The van der Waals surface area contributed by atoms with E-state index >= 15 is 0 Å². The summed E-state index contributed by atoms with van der Waals surface area (Å²) in [5.74, 6) is -0.417. The van der Waals surface area contributed by atoms with Crippen molar-refractivity contribution in [2.24, 2.45) is 10.7 Å². The predicted octanol–water partition coefficient (Wildman–Crippen LogP) is 3.50. The maximum atomic E-state index is 13.7. The molecule has 2 rings (SSSR count). The van der Waals surface area contributed by atoms with Gasteiger partial charge in [0.15, 0.2) is 5.96 Å². The number of hydrogen-bond acceptors (Lipinski definition) is 2. The van der Waals surface area contributed by atoms with Crippen molar-refractivity contribution in [2.45, 2.75) is 12.8 Å². The summed E-state index contributed by atoms with van der Waals surface area (Å²) in [5, 5.41) is 2.94. The molecule has 0 aliphatic heterocycles. The summed E-state index contributed by atoms with van der Waals surface area (Å²) in [6.07, 6.45) is 0. The van der Waals surface area contributed by atoms with Gasteiger partial charge in [0.25, 0.3) is 0 Å². The van der Waals surface area contributed by atoms with Gasteiger partial charge in [-0.3, -0.25) is 4.99 Å². The summed E-state index contributed by atoms with van der Waals surface area (Å²) < 4.78 is 31.7. The molecule has 0 aliphatic carbocycles. The average molecular weight is 319 g/mol. The number of guanidine groups is 1. The van der Waals surface area contributed by atoms with Gasteiger partial charge < -0.3 is 15.8 Å². The molecular weight excluding hydrogens is 300 g/mol. The molecule has 0 aromatic heterocycles. The number of benzene rings is 2. The van der Waals surface area contributed by atoms with E-state index in [9.17, 15) is 8.78 Å². The number of nitrogens with one attached hydrogen (secondary N) is 1. The van der Waals surface area contributed by atoms with Crippen LogP contribution in [-0.2, 0) is 0 Å². The van der Waals surface area contributed by atoms with Gasteiger partial charge in [-0.25, -0.2) is 8.78 Å². The molecule has 23 heavy (non-hydrogen) atoms. The smallest absolute Gasteiger partial charge is 0.193 e. The minimum Gasteiger partial charge on any atom is -0.497 e. The molecule has 122 valence electrons. The first-order chi connectivity index (χ1) is 11.0. The fourth-order valence-electron chi connectivity index (χ4n) is 2.10. The van der Waals surface area contributed by atoms with Crippen LogP contribution in [0.3, 0.4) is 0 Å². The monoisotopic (exact) mass is 319 g/mol. The van der Waals surface area contributed by atoms with Crippen LogP contribution in [0.25, 0.3) is 0 Å². The van der Waals surface area contributed by atoms with Crippen molar-refractivity contribution in [1.29, 1.82) is 0 Å². The van der Waals surface area contributed by atoms with Crippen LogP contribution in [0.4, 0.5) is 14.5 Å². The van der Waals surface area contributed by atoms with Crippen LogP contribution in [0.5, 0.6) is 5.75 Å². The highest BCUT2D eigenvalue weighted by molar-refractivity contribution is 5.92. The van der Waals surface area contributed by atoms with Gasteiger partial charge in [0.1, 0.15) is 17.4 Å². The Morgan fingerprint density at radius 1 is 1.22 bits per heavy atom. The maximum absolute atomic E-state index is 13.7. The van der Waals surface area contributed by atoms with Gasteiger partial charge in [-0.2, -0.15) is 0 Å². The highest BCUT2D eigenvalue weighted by atomic mass is 19.1. The lowest BCUT2D eigenvalue weighted by Gasteiger charge is -2.12. The largest absolute Gasteiger partial charge is 0.497 e. The van der Waals surface area contributed by atoms with Gasteiger partial charge in [-0.1, -0.05) is 13.0 Å². The van der Waals surface area contributed by atoms with Gasteiger partial charge in [0.2, 0.25) is 0 Å². The Morgan fingerprint density at radius 3 is 2.52 bits per heavy atom. The zero-order chi connectivity index (χ0) is 16.8. The van der Waals surface area contributed by atoms with Gasteiger partial charge in [-0.05, 0) is 35.9 Å². The molecule has 0 bridgehead atoms. The third kappa shape index (κ3) is 4.67. The molecule has 2 aromatic carbocycles. The van der Waals surface area contributed by atoms with E-state index < -0.39 is 11.6 Å². The number of nitrogens with two attached hydrogens (primary N) is 1. The van der Waals surface area contributed by atoms with Crippen molar-refractivity contribution < 1.29 is 13.5 Å². The molecule has 0 aliphatic rings. The van der Waals surface area contributed by atoms with E-state index in [0.29, 0.717) is 5.56 Å². The summed E-state index contributed by atoms with van der Waals surface area (Å²) in [5.41, 5.74) is 7.00. The van der Waals surface area contributed by atoms with E-state index in [2.05, 4.69) is 10.3 Å². The Morgan fingerprint density at radius 2 is 1.91 bits per heavy atom. The molecule has 0 radical (unpaired) electrons. The second-order valence-corrected chi connectivity index (χ2v) is 5.15. The van der Waals surface area contributed by atoms with Crippen molar-refractivity contribution in [2.75, 3.05) is 19.0 Å².